The van der Waals surface area contributed by atoms with E-state index >= 15 is 0 Å². The van der Waals surface area contributed by atoms with E-state index < -0.39 is 0 Å². The van der Waals surface area contributed by atoms with E-state index in [0.717, 1.165) is 60.9 Å². The molecule has 0 aliphatic carbocycles. The van der Waals surface area contributed by atoms with Crippen LogP contribution in [0.25, 0.3) is 55.4 Å². The van der Waals surface area contributed by atoms with Crippen LogP contribution in [0.3, 0.4) is 0 Å². The molecule has 0 unspecified atom stereocenters. The number of hydrogen-bond acceptors (Lipinski definition) is 4. The van der Waals surface area contributed by atoms with Gasteiger partial charge in [-0.3, -0.25) is 4.98 Å². The second kappa shape index (κ2) is 10.8. The smallest absolute Gasteiger partial charge is 0.147 e. The molecular weight excluding hydrogens is 635 g/mol. The molecule has 1 radical (unpaired) electrons. The molecular formula is C32H21IrN3O-2. The number of nitrogens with zero attached hydrogens (tertiary/aromatic N) is 3. The van der Waals surface area contributed by atoms with Crippen LogP contribution in [-0.2, 0) is 20.1 Å². The summed E-state index contributed by atoms with van der Waals surface area (Å²) in [5.74, 6) is 0. The van der Waals surface area contributed by atoms with Gasteiger partial charge in [0.15, 0.2) is 0 Å². The maximum absolute atomic E-state index is 6.26. The van der Waals surface area contributed by atoms with Gasteiger partial charge in [-0.25, -0.2) is 0 Å². The summed E-state index contributed by atoms with van der Waals surface area (Å²) in [7, 11) is 0. The summed E-state index contributed by atoms with van der Waals surface area (Å²) >= 11 is 0. The molecule has 37 heavy (non-hydrogen) atoms. The van der Waals surface area contributed by atoms with Gasteiger partial charge in [-0.1, -0.05) is 47.3 Å². The molecule has 4 aromatic heterocycles. The predicted octanol–water partition coefficient (Wildman–Crippen LogP) is 7.85. The Morgan fingerprint density at radius 3 is 2.16 bits per heavy atom. The maximum atomic E-state index is 6.26. The van der Waals surface area contributed by atoms with E-state index in [9.17, 15) is 0 Å². The fourth-order valence-electron chi connectivity index (χ4n) is 4.28. The van der Waals surface area contributed by atoms with E-state index in [4.69, 9.17) is 4.42 Å². The minimum atomic E-state index is 0. The van der Waals surface area contributed by atoms with Crippen LogP contribution >= 0.6 is 0 Å². The Labute approximate surface area is 228 Å². The Morgan fingerprint density at radius 1 is 0.676 bits per heavy atom. The molecule has 0 aliphatic rings. The molecule has 181 valence electrons. The fourth-order valence-corrected chi connectivity index (χ4v) is 4.28. The molecule has 0 saturated carbocycles. The normalized spacial score (nSPS) is 10.6. The molecule has 0 saturated heterocycles. The SMILES string of the molecule is Cc1cnc2c(ccc3c4cc[c-]c(-c5ccccn5)c4oc32)c1.[Ir].[c-]1ccccc1-c1ccccn1. The van der Waals surface area contributed by atoms with Gasteiger partial charge in [-0.15, -0.1) is 54.1 Å². The van der Waals surface area contributed by atoms with Gasteiger partial charge < -0.3 is 14.4 Å². The van der Waals surface area contributed by atoms with Crippen LogP contribution in [0.15, 0.2) is 114 Å². The number of fused-ring (bicyclic) bond motifs is 5. The van der Waals surface area contributed by atoms with Gasteiger partial charge in [-0.2, -0.15) is 0 Å². The summed E-state index contributed by atoms with van der Waals surface area (Å²) < 4.78 is 6.26. The van der Waals surface area contributed by atoms with Crippen molar-refractivity contribution in [3.8, 4) is 22.5 Å². The number of aryl methyl sites for hydroxylation is 1. The van der Waals surface area contributed by atoms with Crippen molar-refractivity contribution in [3.63, 3.8) is 0 Å². The minimum Gasteiger partial charge on any atom is -0.498 e. The van der Waals surface area contributed by atoms with Crippen LogP contribution in [0.5, 0.6) is 0 Å². The molecule has 0 fully saturated rings. The van der Waals surface area contributed by atoms with Crippen molar-refractivity contribution in [1.82, 2.24) is 15.0 Å². The summed E-state index contributed by atoms with van der Waals surface area (Å²) in [6.07, 6.45) is 5.45. The Morgan fingerprint density at radius 2 is 1.43 bits per heavy atom. The van der Waals surface area contributed by atoms with Gasteiger partial charge in [0.05, 0.1) is 5.58 Å². The summed E-state index contributed by atoms with van der Waals surface area (Å²) in [4.78, 5) is 13.2. The van der Waals surface area contributed by atoms with E-state index in [-0.39, 0.29) is 20.1 Å². The van der Waals surface area contributed by atoms with Crippen molar-refractivity contribution in [2.75, 3.05) is 0 Å². The third kappa shape index (κ3) is 4.92. The Balaban J connectivity index is 0.000000183. The molecule has 0 aliphatic heterocycles. The van der Waals surface area contributed by atoms with Gasteiger partial charge in [-0.05, 0) is 42.1 Å². The molecule has 3 aromatic carbocycles. The number of pyridine rings is 3. The zero-order valence-corrected chi connectivity index (χ0v) is 22.4. The van der Waals surface area contributed by atoms with Gasteiger partial charge in [0.25, 0.3) is 0 Å². The Bertz CT molecular complexity index is 1750. The van der Waals surface area contributed by atoms with E-state index in [2.05, 4.69) is 45.3 Å². The molecule has 4 nitrogen and oxygen atoms in total. The zero-order valence-electron chi connectivity index (χ0n) is 20.0. The van der Waals surface area contributed by atoms with Gasteiger partial charge >= 0.3 is 0 Å². The Hall–Kier alpha value is -4.18. The average Bonchev–Trinajstić information content (AvgIpc) is 3.34. The van der Waals surface area contributed by atoms with Crippen molar-refractivity contribution >= 4 is 32.8 Å². The summed E-state index contributed by atoms with van der Waals surface area (Å²) in [5.41, 5.74) is 7.40. The molecule has 5 heteroatoms. The van der Waals surface area contributed by atoms with Gasteiger partial charge in [0, 0.05) is 49.5 Å². The summed E-state index contributed by atoms with van der Waals surface area (Å²) in [6, 6.07) is 36.2. The fraction of sp³-hybridized carbons (Fsp3) is 0.0312. The minimum absolute atomic E-state index is 0. The first kappa shape index (κ1) is 24.5. The maximum Gasteiger partial charge on any atom is 0.147 e. The molecule has 0 atom stereocenters. The monoisotopic (exact) mass is 656 g/mol. The predicted molar refractivity (Wildman–Crippen MR) is 144 cm³/mol. The third-order valence-electron chi connectivity index (χ3n) is 5.96. The van der Waals surface area contributed by atoms with Crippen molar-refractivity contribution in [3.05, 3.63) is 127 Å². The van der Waals surface area contributed by atoms with E-state index in [1.54, 1.807) is 12.4 Å². The topological polar surface area (TPSA) is 51.8 Å². The van der Waals surface area contributed by atoms with E-state index in [1.807, 2.05) is 85.9 Å². The van der Waals surface area contributed by atoms with Crippen molar-refractivity contribution in [1.29, 1.82) is 0 Å². The summed E-state index contributed by atoms with van der Waals surface area (Å²) in [6.45, 7) is 2.05. The number of rotatable bonds is 2. The molecule has 0 amide bonds. The second-order valence-corrected chi connectivity index (χ2v) is 8.43. The first-order valence-corrected chi connectivity index (χ1v) is 11.7. The molecule has 0 spiro atoms. The van der Waals surface area contributed by atoms with E-state index in [1.165, 1.54) is 0 Å². The van der Waals surface area contributed by atoms with Crippen LogP contribution in [0.4, 0.5) is 0 Å². The summed E-state index contributed by atoms with van der Waals surface area (Å²) in [5, 5.41) is 3.22. The number of hydrogen-bond donors (Lipinski definition) is 0. The number of aromatic nitrogens is 3. The second-order valence-electron chi connectivity index (χ2n) is 8.43. The standard InChI is InChI=1S/C21H13N2O.C11H8N.Ir/c1-13-11-14-8-9-16-15-5-4-6-17(18-7-2-3-10-22-18)20(15)24-21(16)19(14)23-12-13;1-2-6-10(7-3-1)11-8-4-5-9-12-11;/h2-5,7-12H,1H3;1-6,8-9H;/q2*-1;. The van der Waals surface area contributed by atoms with Crippen LogP contribution in [-0.4, -0.2) is 15.0 Å². The van der Waals surface area contributed by atoms with Crippen LogP contribution in [0.1, 0.15) is 5.56 Å². The largest absolute Gasteiger partial charge is 0.498 e. The molecule has 7 rings (SSSR count). The Kier molecular flexibility index (Phi) is 7.18. The zero-order chi connectivity index (χ0) is 24.3. The van der Waals surface area contributed by atoms with E-state index in [0.29, 0.717) is 0 Å². The van der Waals surface area contributed by atoms with Gasteiger partial charge in [0.1, 0.15) is 11.1 Å². The van der Waals surface area contributed by atoms with Gasteiger partial charge in [0.2, 0.25) is 0 Å². The number of benzene rings is 3. The van der Waals surface area contributed by atoms with Crippen LogP contribution in [0, 0.1) is 19.1 Å². The first-order chi connectivity index (χ1) is 17.8. The molecule has 0 bridgehead atoms. The molecule has 4 heterocycles. The van der Waals surface area contributed by atoms with Crippen LogP contribution in [0.2, 0.25) is 0 Å². The van der Waals surface area contributed by atoms with Crippen LogP contribution < -0.4 is 0 Å². The van der Waals surface area contributed by atoms with Crippen molar-refractivity contribution in [2.24, 2.45) is 0 Å². The molecule has 0 N–H and O–H groups in total. The molecule has 7 aromatic rings. The van der Waals surface area contributed by atoms with Crippen molar-refractivity contribution < 1.29 is 24.5 Å². The number of furan rings is 1. The average molecular weight is 656 g/mol. The first-order valence-electron chi connectivity index (χ1n) is 11.7. The third-order valence-corrected chi connectivity index (χ3v) is 5.96. The van der Waals surface area contributed by atoms with Crippen molar-refractivity contribution in [2.45, 2.75) is 6.92 Å². The quantitative estimate of drug-likeness (QED) is 0.178.